The van der Waals surface area contributed by atoms with Crippen LogP contribution in [-0.2, 0) is 19.9 Å². The number of aliphatic hydroxyl groups excluding tert-OH is 1. The van der Waals surface area contributed by atoms with E-state index in [1.165, 1.54) is 44.6 Å². The molecule has 0 radical (unpaired) electrons. The number of sulfone groups is 1. The lowest BCUT2D eigenvalue weighted by molar-refractivity contribution is 0.190. The van der Waals surface area contributed by atoms with Crippen LogP contribution in [0.3, 0.4) is 0 Å². The lowest BCUT2D eigenvalue weighted by Crippen LogP contribution is -2.31. The molecule has 1 aliphatic rings. The largest absolute Gasteiger partial charge is 0.497 e. The Hall–Kier alpha value is -2.50. The van der Waals surface area contributed by atoms with Crippen molar-refractivity contribution >= 4 is 31.2 Å². The number of anilines is 2. The van der Waals surface area contributed by atoms with Crippen molar-refractivity contribution in [3.05, 3.63) is 42.5 Å². The second-order valence-corrected chi connectivity index (χ2v) is 10.4. The topological polar surface area (TPSA) is 131 Å². The van der Waals surface area contributed by atoms with E-state index in [4.69, 9.17) is 9.47 Å². The van der Waals surface area contributed by atoms with Crippen molar-refractivity contribution in [2.45, 2.75) is 17.0 Å². The summed E-state index contributed by atoms with van der Waals surface area (Å²) in [6.45, 7) is 0. The number of ether oxygens (including phenoxy) is 2. The Kier molecular flexibility index (Phi) is 5.92. The van der Waals surface area contributed by atoms with Gasteiger partial charge in [0, 0.05) is 17.4 Å². The van der Waals surface area contributed by atoms with E-state index in [2.05, 4.69) is 10.0 Å². The van der Waals surface area contributed by atoms with Gasteiger partial charge in [-0.2, -0.15) is 0 Å². The van der Waals surface area contributed by atoms with E-state index in [-0.39, 0.29) is 22.2 Å². The van der Waals surface area contributed by atoms with Crippen LogP contribution in [0, 0.1) is 0 Å². The molecule has 0 bridgehead atoms. The molecule has 3 N–H and O–H groups in total. The molecule has 0 amide bonds. The molecule has 1 heterocycles. The third kappa shape index (κ3) is 4.92. The molecular weight excluding hydrogens is 420 g/mol. The molecule has 0 aromatic heterocycles. The molecule has 0 saturated carbocycles. The lowest BCUT2D eigenvalue weighted by atomic mass is 10.2. The summed E-state index contributed by atoms with van der Waals surface area (Å²) in [5, 5.41) is 12.8. The Morgan fingerprint density at radius 3 is 2.21 bits per heavy atom. The van der Waals surface area contributed by atoms with Gasteiger partial charge in [0.15, 0.2) is 9.84 Å². The van der Waals surface area contributed by atoms with Gasteiger partial charge in [-0.25, -0.2) is 16.8 Å². The third-order valence-electron chi connectivity index (χ3n) is 4.47. The minimum Gasteiger partial charge on any atom is -0.497 e. The molecule has 158 valence electrons. The summed E-state index contributed by atoms with van der Waals surface area (Å²) in [7, 11) is -4.34. The molecule has 2 aromatic rings. The Morgan fingerprint density at radius 2 is 1.66 bits per heavy atom. The average molecular weight is 443 g/mol. The summed E-state index contributed by atoms with van der Waals surface area (Å²) in [6, 6.07) is 10.0. The highest BCUT2D eigenvalue weighted by Crippen LogP contribution is 2.30. The SMILES string of the molecule is COc1ccc(S(=O)(=O)Nc2ccc(N[C@@H]3CS(=O)(=O)C[C@@H]3O)cc2)c(OC)c1. The number of aliphatic hydroxyl groups is 1. The van der Waals surface area contributed by atoms with Crippen LogP contribution in [0.15, 0.2) is 47.4 Å². The highest BCUT2D eigenvalue weighted by molar-refractivity contribution is 7.93. The van der Waals surface area contributed by atoms with Gasteiger partial charge in [-0.05, 0) is 36.4 Å². The van der Waals surface area contributed by atoms with Gasteiger partial charge in [0.05, 0.1) is 37.9 Å². The Morgan fingerprint density at radius 1 is 1.00 bits per heavy atom. The van der Waals surface area contributed by atoms with E-state index in [1.54, 1.807) is 12.1 Å². The molecule has 1 aliphatic heterocycles. The number of rotatable bonds is 7. The van der Waals surface area contributed by atoms with E-state index >= 15 is 0 Å². The zero-order valence-corrected chi connectivity index (χ0v) is 17.5. The summed E-state index contributed by atoms with van der Waals surface area (Å²) in [5.74, 6) is 0.186. The van der Waals surface area contributed by atoms with Gasteiger partial charge >= 0.3 is 0 Å². The summed E-state index contributed by atoms with van der Waals surface area (Å²) < 4.78 is 61.3. The first kappa shape index (κ1) is 21.2. The van der Waals surface area contributed by atoms with Gasteiger partial charge in [-0.15, -0.1) is 0 Å². The predicted octanol–water partition coefficient (Wildman–Crippen LogP) is 1.07. The van der Waals surface area contributed by atoms with Crippen molar-refractivity contribution in [2.24, 2.45) is 0 Å². The summed E-state index contributed by atoms with van der Waals surface area (Å²) in [4.78, 5) is -0.0395. The molecular formula is C18H22N2O7S2. The second-order valence-electron chi connectivity index (χ2n) is 6.59. The zero-order valence-electron chi connectivity index (χ0n) is 15.8. The van der Waals surface area contributed by atoms with E-state index in [0.29, 0.717) is 17.1 Å². The highest BCUT2D eigenvalue weighted by atomic mass is 32.2. The lowest BCUT2D eigenvalue weighted by Gasteiger charge is -2.17. The van der Waals surface area contributed by atoms with Crippen LogP contribution < -0.4 is 19.5 Å². The van der Waals surface area contributed by atoms with Gasteiger partial charge in [-0.1, -0.05) is 0 Å². The normalized spacial score (nSPS) is 20.8. The minimum atomic E-state index is -3.91. The van der Waals surface area contributed by atoms with E-state index in [0.717, 1.165) is 0 Å². The van der Waals surface area contributed by atoms with Crippen LogP contribution in [0.25, 0.3) is 0 Å². The number of hydrogen-bond acceptors (Lipinski definition) is 8. The first-order valence-electron chi connectivity index (χ1n) is 8.63. The van der Waals surface area contributed by atoms with Crippen LogP contribution in [0.5, 0.6) is 11.5 Å². The smallest absolute Gasteiger partial charge is 0.265 e. The maximum absolute atomic E-state index is 12.7. The summed E-state index contributed by atoms with van der Waals surface area (Å²) >= 11 is 0. The Balaban J connectivity index is 1.74. The second kappa shape index (κ2) is 8.09. The predicted molar refractivity (Wildman–Crippen MR) is 109 cm³/mol. The van der Waals surface area contributed by atoms with Gasteiger partial charge < -0.3 is 19.9 Å². The fourth-order valence-electron chi connectivity index (χ4n) is 3.02. The van der Waals surface area contributed by atoms with Gasteiger partial charge in [0.1, 0.15) is 16.4 Å². The number of methoxy groups -OCH3 is 2. The fraction of sp³-hybridized carbons (Fsp3) is 0.333. The molecule has 2 aromatic carbocycles. The quantitative estimate of drug-likeness (QED) is 0.580. The average Bonchev–Trinajstić information content (AvgIpc) is 2.93. The van der Waals surface area contributed by atoms with E-state index < -0.39 is 32.0 Å². The minimum absolute atomic E-state index is 0.0395. The molecule has 2 atom stereocenters. The highest BCUT2D eigenvalue weighted by Gasteiger charge is 2.36. The number of hydrogen-bond donors (Lipinski definition) is 3. The van der Waals surface area contributed by atoms with Crippen molar-refractivity contribution in [1.29, 1.82) is 0 Å². The first-order chi connectivity index (χ1) is 13.6. The monoisotopic (exact) mass is 442 g/mol. The zero-order chi connectivity index (χ0) is 21.2. The van der Waals surface area contributed by atoms with E-state index in [9.17, 15) is 21.9 Å². The van der Waals surface area contributed by atoms with Crippen molar-refractivity contribution in [1.82, 2.24) is 0 Å². The molecule has 0 unspecified atom stereocenters. The molecule has 0 spiro atoms. The van der Waals surface area contributed by atoms with Crippen LogP contribution in [0.1, 0.15) is 0 Å². The first-order valence-corrected chi connectivity index (χ1v) is 11.9. The van der Waals surface area contributed by atoms with Gasteiger partial charge in [0.2, 0.25) is 0 Å². The van der Waals surface area contributed by atoms with E-state index in [1.807, 2.05) is 0 Å². The van der Waals surface area contributed by atoms with Crippen LogP contribution in [0.2, 0.25) is 0 Å². The number of nitrogens with one attached hydrogen (secondary N) is 2. The van der Waals surface area contributed by atoms with Crippen LogP contribution in [0.4, 0.5) is 11.4 Å². The standard InChI is InChI=1S/C18H22N2O7S2/c1-26-14-7-8-18(17(9-14)27-2)29(24,25)20-13-5-3-12(4-6-13)19-15-10-28(22,23)11-16(15)21/h3-9,15-16,19-21H,10-11H2,1-2H3/t15-,16+/m1/s1. The van der Waals surface area contributed by atoms with Crippen molar-refractivity contribution in [2.75, 3.05) is 35.8 Å². The maximum Gasteiger partial charge on any atom is 0.265 e. The van der Waals surface area contributed by atoms with Gasteiger partial charge in [-0.3, -0.25) is 4.72 Å². The van der Waals surface area contributed by atoms with Crippen molar-refractivity contribution < 1.29 is 31.4 Å². The van der Waals surface area contributed by atoms with Crippen molar-refractivity contribution in [3.8, 4) is 11.5 Å². The summed E-state index contributed by atoms with van der Waals surface area (Å²) in [5.41, 5.74) is 0.879. The summed E-state index contributed by atoms with van der Waals surface area (Å²) in [6.07, 6.45) is -0.985. The molecule has 29 heavy (non-hydrogen) atoms. The molecule has 11 heteroatoms. The van der Waals surface area contributed by atoms with Crippen LogP contribution in [-0.4, -0.2) is 59.8 Å². The Labute approximate surface area is 169 Å². The third-order valence-corrected chi connectivity index (χ3v) is 7.61. The van der Waals surface area contributed by atoms with Crippen LogP contribution >= 0.6 is 0 Å². The maximum atomic E-state index is 12.7. The number of sulfonamides is 1. The number of benzene rings is 2. The molecule has 9 nitrogen and oxygen atoms in total. The molecule has 3 rings (SSSR count). The molecule has 0 aliphatic carbocycles. The molecule has 1 fully saturated rings. The Bertz CT molecular complexity index is 1080. The van der Waals surface area contributed by atoms with Gasteiger partial charge in [0.25, 0.3) is 10.0 Å². The fourth-order valence-corrected chi connectivity index (χ4v) is 5.97. The molecule has 1 saturated heterocycles. The van der Waals surface area contributed by atoms with Crippen molar-refractivity contribution in [3.63, 3.8) is 0 Å².